The lowest BCUT2D eigenvalue weighted by Gasteiger charge is -2.28. The predicted molar refractivity (Wildman–Crippen MR) is 82.9 cm³/mol. The van der Waals surface area contributed by atoms with E-state index in [2.05, 4.69) is 4.90 Å². The van der Waals surface area contributed by atoms with E-state index in [-0.39, 0.29) is 24.1 Å². The van der Waals surface area contributed by atoms with Crippen molar-refractivity contribution in [3.63, 3.8) is 0 Å². The van der Waals surface area contributed by atoms with Crippen LogP contribution in [0.15, 0.2) is 24.3 Å². The molecule has 110 valence electrons. The first-order valence-electron chi connectivity index (χ1n) is 7.02. The average molecular weight is 296 g/mol. The van der Waals surface area contributed by atoms with E-state index in [9.17, 15) is 9.59 Å². The molecule has 4 heteroatoms. The first-order chi connectivity index (χ1) is 9.20. The normalized spacial score (nSPS) is 17.1. The number of piperidine rings is 1. The Balaban J connectivity index is 0.00000200. The highest BCUT2D eigenvalue weighted by Gasteiger charge is 2.19. The number of halogens is 1. The van der Waals surface area contributed by atoms with Crippen LogP contribution in [-0.2, 0) is 0 Å². The number of hydrogen-bond donors (Lipinski definition) is 0. The number of Topliss-reactive ketones (excluding diaryl/α,β-unsaturated/α-hetero) is 1. The first kappa shape index (κ1) is 16.9. The Morgan fingerprint density at radius 1 is 1.20 bits per heavy atom. The van der Waals surface area contributed by atoms with E-state index in [1.165, 1.54) is 19.3 Å². The third-order valence-corrected chi connectivity index (χ3v) is 3.76. The van der Waals surface area contributed by atoms with Gasteiger partial charge in [-0.3, -0.25) is 9.59 Å². The third-order valence-electron chi connectivity index (χ3n) is 3.76. The lowest BCUT2D eigenvalue weighted by molar-refractivity contribution is 0.0883. The molecule has 0 radical (unpaired) electrons. The van der Waals surface area contributed by atoms with Gasteiger partial charge >= 0.3 is 0 Å². The van der Waals surface area contributed by atoms with Gasteiger partial charge in [-0.2, -0.15) is 0 Å². The van der Waals surface area contributed by atoms with E-state index in [4.69, 9.17) is 0 Å². The van der Waals surface area contributed by atoms with Gasteiger partial charge in [-0.25, -0.2) is 0 Å². The second-order valence-electron chi connectivity index (χ2n) is 5.37. The van der Waals surface area contributed by atoms with Crippen molar-refractivity contribution in [1.82, 2.24) is 4.90 Å². The molecule has 0 saturated carbocycles. The van der Waals surface area contributed by atoms with Crippen LogP contribution in [0, 0.1) is 5.92 Å². The monoisotopic (exact) mass is 295 g/mol. The molecular weight excluding hydrogens is 274 g/mol. The molecule has 0 bridgehead atoms. The van der Waals surface area contributed by atoms with Crippen molar-refractivity contribution in [2.75, 3.05) is 19.6 Å². The van der Waals surface area contributed by atoms with Crippen LogP contribution in [0.1, 0.15) is 46.9 Å². The quantitative estimate of drug-likeness (QED) is 0.618. The van der Waals surface area contributed by atoms with Gasteiger partial charge in [0.1, 0.15) is 6.29 Å². The molecule has 1 unspecified atom stereocenters. The SMILES string of the molecule is CC(CN1CCCCC1)C(=O)c1ccc(C=O)cc1.Cl. The fraction of sp³-hybridized carbons (Fsp3) is 0.500. The minimum atomic E-state index is 0. The minimum Gasteiger partial charge on any atom is -0.303 e. The van der Waals surface area contributed by atoms with Crippen molar-refractivity contribution < 1.29 is 9.59 Å². The number of hydrogen-bond acceptors (Lipinski definition) is 3. The largest absolute Gasteiger partial charge is 0.303 e. The van der Waals surface area contributed by atoms with Crippen LogP contribution in [0.25, 0.3) is 0 Å². The van der Waals surface area contributed by atoms with E-state index in [1.807, 2.05) is 6.92 Å². The van der Waals surface area contributed by atoms with Crippen molar-refractivity contribution in [2.24, 2.45) is 5.92 Å². The molecule has 2 rings (SSSR count). The Labute approximate surface area is 126 Å². The molecule has 1 heterocycles. The molecule has 0 spiro atoms. The van der Waals surface area contributed by atoms with Crippen LogP contribution in [-0.4, -0.2) is 36.6 Å². The van der Waals surface area contributed by atoms with Gasteiger partial charge in [-0.05, 0) is 25.9 Å². The lowest BCUT2D eigenvalue weighted by atomic mass is 9.97. The third kappa shape index (κ3) is 4.43. The van der Waals surface area contributed by atoms with Crippen molar-refractivity contribution in [3.05, 3.63) is 35.4 Å². The highest BCUT2D eigenvalue weighted by atomic mass is 35.5. The molecule has 20 heavy (non-hydrogen) atoms. The number of carbonyl (C=O) groups excluding carboxylic acids is 2. The maximum atomic E-state index is 12.3. The molecule has 1 fully saturated rings. The van der Waals surface area contributed by atoms with Crippen molar-refractivity contribution in [3.8, 4) is 0 Å². The van der Waals surface area contributed by atoms with E-state index >= 15 is 0 Å². The zero-order valence-electron chi connectivity index (χ0n) is 11.9. The van der Waals surface area contributed by atoms with Crippen LogP contribution in [0.5, 0.6) is 0 Å². The first-order valence-corrected chi connectivity index (χ1v) is 7.02. The summed E-state index contributed by atoms with van der Waals surface area (Å²) in [4.78, 5) is 25.3. The number of aldehydes is 1. The summed E-state index contributed by atoms with van der Waals surface area (Å²) < 4.78 is 0. The summed E-state index contributed by atoms with van der Waals surface area (Å²) in [5, 5.41) is 0. The Bertz CT molecular complexity index is 438. The standard InChI is InChI=1S/C16H21NO2.ClH/c1-13(11-17-9-3-2-4-10-17)16(19)15-7-5-14(12-18)6-8-15;/h5-8,12-13H,2-4,9-11H2,1H3;1H. The van der Waals surface area contributed by atoms with Crippen molar-refractivity contribution >= 4 is 24.5 Å². The van der Waals surface area contributed by atoms with Gasteiger partial charge in [0.25, 0.3) is 0 Å². The molecular formula is C16H22ClNO2. The Kier molecular flexibility index (Phi) is 6.89. The molecule has 0 N–H and O–H groups in total. The number of carbonyl (C=O) groups is 2. The molecule has 1 aromatic rings. The number of nitrogens with zero attached hydrogens (tertiary/aromatic N) is 1. The highest BCUT2D eigenvalue weighted by molar-refractivity contribution is 5.98. The maximum absolute atomic E-state index is 12.3. The number of ketones is 1. The summed E-state index contributed by atoms with van der Waals surface area (Å²) in [7, 11) is 0. The number of benzene rings is 1. The molecule has 1 aromatic carbocycles. The summed E-state index contributed by atoms with van der Waals surface area (Å²) in [5.41, 5.74) is 1.32. The van der Waals surface area contributed by atoms with Crippen LogP contribution < -0.4 is 0 Å². The van der Waals surface area contributed by atoms with Crippen molar-refractivity contribution in [2.45, 2.75) is 26.2 Å². The number of likely N-dealkylation sites (tertiary alicyclic amines) is 1. The van der Waals surface area contributed by atoms with Gasteiger partial charge in [-0.1, -0.05) is 37.6 Å². The fourth-order valence-electron chi connectivity index (χ4n) is 2.62. The Morgan fingerprint density at radius 3 is 2.35 bits per heavy atom. The van der Waals surface area contributed by atoms with Gasteiger partial charge < -0.3 is 4.90 Å². The summed E-state index contributed by atoms with van der Waals surface area (Å²) in [6.07, 6.45) is 4.60. The summed E-state index contributed by atoms with van der Waals surface area (Å²) >= 11 is 0. The van der Waals surface area contributed by atoms with Gasteiger partial charge in [0.2, 0.25) is 0 Å². The zero-order chi connectivity index (χ0) is 13.7. The average Bonchev–Trinajstić information content (AvgIpc) is 2.47. The van der Waals surface area contributed by atoms with Crippen LogP contribution in [0.3, 0.4) is 0 Å². The number of rotatable bonds is 5. The fourth-order valence-corrected chi connectivity index (χ4v) is 2.62. The Morgan fingerprint density at radius 2 is 1.80 bits per heavy atom. The van der Waals surface area contributed by atoms with Crippen LogP contribution in [0.2, 0.25) is 0 Å². The minimum absolute atomic E-state index is 0. The molecule has 0 aromatic heterocycles. The predicted octanol–water partition coefficient (Wildman–Crippen LogP) is 3.23. The maximum Gasteiger partial charge on any atom is 0.166 e. The van der Waals surface area contributed by atoms with E-state index in [0.29, 0.717) is 11.1 Å². The van der Waals surface area contributed by atoms with E-state index < -0.39 is 0 Å². The second-order valence-corrected chi connectivity index (χ2v) is 5.37. The Hall–Kier alpha value is -1.19. The molecule has 0 amide bonds. The van der Waals surface area contributed by atoms with E-state index in [1.54, 1.807) is 24.3 Å². The zero-order valence-corrected chi connectivity index (χ0v) is 12.7. The van der Waals surface area contributed by atoms with Crippen LogP contribution in [0.4, 0.5) is 0 Å². The molecule has 3 nitrogen and oxygen atoms in total. The smallest absolute Gasteiger partial charge is 0.166 e. The van der Waals surface area contributed by atoms with Gasteiger partial charge in [0.15, 0.2) is 5.78 Å². The summed E-state index contributed by atoms with van der Waals surface area (Å²) in [5.74, 6) is 0.184. The summed E-state index contributed by atoms with van der Waals surface area (Å²) in [6.45, 7) is 5.06. The molecule has 0 aliphatic carbocycles. The van der Waals surface area contributed by atoms with Crippen LogP contribution >= 0.6 is 12.4 Å². The van der Waals surface area contributed by atoms with Gasteiger partial charge in [-0.15, -0.1) is 12.4 Å². The van der Waals surface area contributed by atoms with Gasteiger partial charge in [0, 0.05) is 23.6 Å². The molecule has 1 aliphatic heterocycles. The van der Waals surface area contributed by atoms with E-state index in [0.717, 1.165) is 25.9 Å². The molecule has 1 aliphatic rings. The van der Waals surface area contributed by atoms with Crippen molar-refractivity contribution in [1.29, 1.82) is 0 Å². The topological polar surface area (TPSA) is 37.4 Å². The summed E-state index contributed by atoms with van der Waals surface area (Å²) in [6, 6.07) is 6.90. The second kappa shape index (κ2) is 8.18. The molecule has 1 saturated heterocycles. The van der Waals surface area contributed by atoms with Gasteiger partial charge in [0.05, 0.1) is 0 Å². The highest BCUT2D eigenvalue weighted by Crippen LogP contribution is 2.15. The lowest BCUT2D eigenvalue weighted by Crippen LogP contribution is -2.35. The molecule has 1 atom stereocenters.